The first-order valence-electron chi connectivity index (χ1n) is 5.69. The van der Waals surface area contributed by atoms with E-state index in [1.54, 1.807) is 13.2 Å². The van der Waals surface area contributed by atoms with Crippen LogP contribution in [0.15, 0.2) is 12.1 Å². The molecule has 5 heteroatoms. The van der Waals surface area contributed by atoms with Crippen molar-refractivity contribution in [1.82, 2.24) is 0 Å². The lowest BCUT2D eigenvalue weighted by molar-refractivity contribution is 0.191. The van der Waals surface area contributed by atoms with Gasteiger partial charge in [-0.3, -0.25) is 0 Å². The third-order valence-electron chi connectivity index (χ3n) is 2.86. The quantitative estimate of drug-likeness (QED) is 0.647. The van der Waals surface area contributed by atoms with E-state index in [0.29, 0.717) is 9.61 Å². The summed E-state index contributed by atoms with van der Waals surface area (Å²) in [5, 5.41) is 6.70. The molecule has 1 aromatic rings. The number of halogens is 2. The van der Waals surface area contributed by atoms with Gasteiger partial charge in [0.15, 0.2) is 0 Å². The fourth-order valence-electron chi connectivity index (χ4n) is 1.96. The standard InChI is InChI=1S/C12H16FIN2O/c1-17-4-2-3-8-7-15-11-6-10(14)9(13)5-12(11)16-8/h5-6,8,15-16H,2-4,7H2,1H3. The monoisotopic (exact) mass is 350 g/mol. The lowest BCUT2D eigenvalue weighted by Gasteiger charge is -2.28. The van der Waals surface area contributed by atoms with Gasteiger partial charge in [0.2, 0.25) is 0 Å². The summed E-state index contributed by atoms with van der Waals surface area (Å²) >= 11 is 2.00. The Balaban J connectivity index is 2.00. The highest BCUT2D eigenvalue weighted by molar-refractivity contribution is 14.1. The van der Waals surface area contributed by atoms with Gasteiger partial charge in [-0.25, -0.2) is 4.39 Å². The lowest BCUT2D eigenvalue weighted by Crippen LogP contribution is -2.33. The number of hydrogen-bond donors (Lipinski definition) is 2. The zero-order valence-electron chi connectivity index (χ0n) is 9.72. The topological polar surface area (TPSA) is 33.3 Å². The van der Waals surface area contributed by atoms with Crippen molar-refractivity contribution < 1.29 is 9.13 Å². The Bertz CT molecular complexity index is 400. The molecule has 3 nitrogen and oxygen atoms in total. The summed E-state index contributed by atoms with van der Waals surface area (Å²) in [6, 6.07) is 3.74. The fraction of sp³-hybridized carbons (Fsp3) is 0.500. The van der Waals surface area contributed by atoms with Crippen LogP contribution in [0, 0.1) is 9.39 Å². The van der Waals surface area contributed by atoms with Crippen molar-refractivity contribution in [2.24, 2.45) is 0 Å². The van der Waals surface area contributed by atoms with Crippen molar-refractivity contribution in [2.45, 2.75) is 18.9 Å². The minimum atomic E-state index is -0.170. The second-order valence-electron chi connectivity index (χ2n) is 4.17. The van der Waals surface area contributed by atoms with Crippen LogP contribution in [0.25, 0.3) is 0 Å². The number of anilines is 2. The molecule has 1 atom stereocenters. The molecular formula is C12H16FIN2O. The minimum Gasteiger partial charge on any atom is -0.385 e. The summed E-state index contributed by atoms with van der Waals surface area (Å²) in [5.41, 5.74) is 1.84. The molecule has 0 amide bonds. The van der Waals surface area contributed by atoms with Gasteiger partial charge in [0.05, 0.1) is 14.9 Å². The van der Waals surface area contributed by atoms with E-state index in [1.807, 2.05) is 28.7 Å². The largest absolute Gasteiger partial charge is 0.385 e. The lowest BCUT2D eigenvalue weighted by atomic mass is 10.1. The molecule has 0 radical (unpaired) electrons. The van der Waals surface area contributed by atoms with E-state index in [4.69, 9.17) is 4.74 Å². The number of benzene rings is 1. The van der Waals surface area contributed by atoms with Crippen LogP contribution >= 0.6 is 22.6 Å². The van der Waals surface area contributed by atoms with Gasteiger partial charge in [0.25, 0.3) is 0 Å². The van der Waals surface area contributed by atoms with Gasteiger partial charge in [-0.2, -0.15) is 0 Å². The first-order valence-corrected chi connectivity index (χ1v) is 6.77. The number of nitrogens with one attached hydrogen (secondary N) is 2. The maximum atomic E-state index is 13.4. The van der Waals surface area contributed by atoms with Crippen LogP contribution < -0.4 is 10.6 Å². The van der Waals surface area contributed by atoms with E-state index < -0.39 is 0 Å². The van der Waals surface area contributed by atoms with Crippen molar-refractivity contribution in [3.63, 3.8) is 0 Å². The third-order valence-corrected chi connectivity index (χ3v) is 3.69. The maximum Gasteiger partial charge on any atom is 0.138 e. The van der Waals surface area contributed by atoms with E-state index in [1.165, 1.54) is 0 Å². The number of hydrogen-bond acceptors (Lipinski definition) is 3. The maximum absolute atomic E-state index is 13.4. The Morgan fingerprint density at radius 2 is 2.29 bits per heavy atom. The predicted molar refractivity (Wildman–Crippen MR) is 76.1 cm³/mol. The molecule has 0 fully saturated rings. The van der Waals surface area contributed by atoms with Gasteiger partial charge in [0, 0.05) is 32.4 Å². The smallest absolute Gasteiger partial charge is 0.138 e. The Morgan fingerprint density at radius 3 is 3.06 bits per heavy atom. The second-order valence-corrected chi connectivity index (χ2v) is 5.33. The molecule has 0 aromatic heterocycles. The molecule has 1 unspecified atom stereocenters. The Morgan fingerprint density at radius 1 is 1.47 bits per heavy atom. The van der Waals surface area contributed by atoms with E-state index in [2.05, 4.69) is 10.6 Å². The molecule has 2 rings (SSSR count). The number of fused-ring (bicyclic) bond motifs is 1. The van der Waals surface area contributed by atoms with Crippen LogP contribution in [0.1, 0.15) is 12.8 Å². The van der Waals surface area contributed by atoms with Gasteiger partial charge in [-0.1, -0.05) is 0 Å². The highest BCUT2D eigenvalue weighted by Gasteiger charge is 2.18. The van der Waals surface area contributed by atoms with Gasteiger partial charge >= 0.3 is 0 Å². The summed E-state index contributed by atoms with van der Waals surface area (Å²) < 4.78 is 19.1. The van der Waals surface area contributed by atoms with Crippen LogP contribution in [0.5, 0.6) is 0 Å². The van der Waals surface area contributed by atoms with Crippen molar-refractivity contribution in [3.05, 3.63) is 21.5 Å². The third kappa shape index (κ3) is 3.22. The molecule has 94 valence electrons. The molecule has 1 aromatic carbocycles. The highest BCUT2D eigenvalue weighted by atomic mass is 127. The van der Waals surface area contributed by atoms with Crippen LogP contribution in [0.4, 0.5) is 15.8 Å². The van der Waals surface area contributed by atoms with E-state index >= 15 is 0 Å². The molecule has 0 aliphatic carbocycles. The fourth-order valence-corrected chi connectivity index (χ4v) is 2.43. The minimum absolute atomic E-state index is 0.170. The summed E-state index contributed by atoms with van der Waals surface area (Å²) in [5.74, 6) is -0.170. The van der Waals surface area contributed by atoms with Crippen LogP contribution in [-0.4, -0.2) is 26.3 Å². The Kier molecular flexibility index (Phi) is 4.44. The summed E-state index contributed by atoms with van der Waals surface area (Å²) in [7, 11) is 1.71. The molecule has 1 heterocycles. The van der Waals surface area contributed by atoms with Crippen molar-refractivity contribution in [3.8, 4) is 0 Å². The number of ether oxygens (including phenoxy) is 1. The highest BCUT2D eigenvalue weighted by Crippen LogP contribution is 2.30. The van der Waals surface area contributed by atoms with E-state index in [9.17, 15) is 4.39 Å². The molecular weight excluding hydrogens is 334 g/mol. The van der Waals surface area contributed by atoms with E-state index in [0.717, 1.165) is 37.4 Å². The zero-order chi connectivity index (χ0) is 12.3. The van der Waals surface area contributed by atoms with Gasteiger partial charge in [-0.05, 0) is 41.5 Å². The van der Waals surface area contributed by atoms with Gasteiger partial charge in [-0.15, -0.1) is 0 Å². The van der Waals surface area contributed by atoms with Crippen LogP contribution in [-0.2, 0) is 4.74 Å². The summed E-state index contributed by atoms with van der Waals surface area (Å²) in [6.45, 7) is 1.64. The molecule has 0 bridgehead atoms. The Labute approximate surface area is 114 Å². The average molecular weight is 350 g/mol. The predicted octanol–water partition coefficient (Wildman–Crippen LogP) is 3.06. The second kappa shape index (κ2) is 5.86. The Hall–Kier alpha value is -0.560. The zero-order valence-corrected chi connectivity index (χ0v) is 11.9. The number of methoxy groups -OCH3 is 1. The molecule has 1 aliphatic heterocycles. The van der Waals surface area contributed by atoms with Crippen molar-refractivity contribution >= 4 is 34.0 Å². The van der Waals surface area contributed by atoms with Crippen molar-refractivity contribution in [1.29, 1.82) is 0 Å². The molecule has 0 saturated carbocycles. The molecule has 0 saturated heterocycles. The first kappa shape index (κ1) is 12.9. The number of rotatable bonds is 4. The van der Waals surface area contributed by atoms with Crippen molar-refractivity contribution in [2.75, 3.05) is 30.9 Å². The molecule has 2 N–H and O–H groups in total. The van der Waals surface area contributed by atoms with Crippen LogP contribution in [0.3, 0.4) is 0 Å². The van der Waals surface area contributed by atoms with Gasteiger partial charge in [0.1, 0.15) is 5.82 Å². The molecule has 0 spiro atoms. The van der Waals surface area contributed by atoms with Crippen LogP contribution in [0.2, 0.25) is 0 Å². The first-order chi connectivity index (χ1) is 8.20. The summed E-state index contributed by atoms with van der Waals surface area (Å²) in [4.78, 5) is 0. The normalized spacial score (nSPS) is 18.2. The molecule has 1 aliphatic rings. The van der Waals surface area contributed by atoms with E-state index in [-0.39, 0.29) is 5.82 Å². The summed E-state index contributed by atoms with van der Waals surface area (Å²) in [6.07, 6.45) is 2.03. The molecule has 17 heavy (non-hydrogen) atoms. The SMILES string of the molecule is COCCCC1CNc2cc(I)c(F)cc2N1. The van der Waals surface area contributed by atoms with Gasteiger partial charge < -0.3 is 15.4 Å². The average Bonchev–Trinajstić information content (AvgIpc) is 2.31.